The Balaban J connectivity index is 1.29. The van der Waals surface area contributed by atoms with E-state index in [9.17, 15) is 19.2 Å². The molecule has 3 heterocycles. The molecule has 0 spiro atoms. The summed E-state index contributed by atoms with van der Waals surface area (Å²) >= 11 is 0. The molecule has 0 bridgehead atoms. The van der Waals surface area contributed by atoms with Crippen LogP contribution in [0.3, 0.4) is 0 Å². The maximum atomic E-state index is 13.0. The fourth-order valence-electron chi connectivity index (χ4n) is 4.42. The Bertz CT molecular complexity index is 1030. The van der Waals surface area contributed by atoms with E-state index in [1.165, 1.54) is 12.1 Å². The van der Waals surface area contributed by atoms with Crippen molar-refractivity contribution < 1.29 is 14.4 Å². The van der Waals surface area contributed by atoms with Gasteiger partial charge in [-0.3, -0.25) is 19.2 Å². The highest BCUT2D eigenvalue weighted by atomic mass is 16.2. The molecular formula is C23H27N5O4. The van der Waals surface area contributed by atoms with Crippen molar-refractivity contribution in [2.45, 2.75) is 38.3 Å². The lowest BCUT2D eigenvalue weighted by atomic mass is 10.0. The number of aromatic nitrogens is 2. The number of H-pyrrole nitrogens is 1. The van der Waals surface area contributed by atoms with E-state index in [4.69, 9.17) is 0 Å². The minimum atomic E-state index is -0.365. The van der Waals surface area contributed by atoms with E-state index in [-0.39, 0.29) is 53.4 Å². The first-order chi connectivity index (χ1) is 15.4. The summed E-state index contributed by atoms with van der Waals surface area (Å²) < 4.78 is 0. The fraction of sp³-hybridized carbons (Fsp3) is 0.435. The molecule has 0 saturated carbocycles. The molecule has 1 aromatic carbocycles. The second-order valence-corrected chi connectivity index (χ2v) is 8.41. The second kappa shape index (κ2) is 9.33. The number of hydrogen-bond donors (Lipinski definition) is 2. The van der Waals surface area contributed by atoms with Gasteiger partial charge in [0.05, 0.1) is 12.0 Å². The molecule has 9 nitrogen and oxygen atoms in total. The summed E-state index contributed by atoms with van der Waals surface area (Å²) in [6.07, 6.45) is 1.50. The Hall–Kier alpha value is -3.49. The van der Waals surface area contributed by atoms with Crippen LogP contribution in [0.25, 0.3) is 0 Å². The van der Waals surface area contributed by atoms with Gasteiger partial charge in [0.2, 0.25) is 11.8 Å². The zero-order chi connectivity index (χ0) is 22.7. The quantitative estimate of drug-likeness (QED) is 0.727. The monoisotopic (exact) mass is 437 g/mol. The first-order valence-corrected chi connectivity index (χ1v) is 10.9. The van der Waals surface area contributed by atoms with Crippen molar-refractivity contribution in [3.8, 4) is 0 Å². The van der Waals surface area contributed by atoms with Crippen LogP contribution >= 0.6 is 0 Å². The zero-order valence-corrected chi connectivity index (χ0v) is 18.0. The van der Waals surface area contributed by atoms with Gasteiger partial charge in [-0.15, -0.1) is 0 Å². The van der Waals surface area contributed by atoms with Crippen molar-refractivity contribution in [1.82, 2.24) is 25.3 Å². The summed E-state index contributed by atoms with van der Waals surface area (Å²) in [7, 11) is 0. The Kier molecular flexibility index (Phi) is 6.34. The maximum Gasteiger partial charge on any atom is 0.271 e. The lowest BCUT2D eigenvalue weighted by molar-refractivity contribution is -0.136. The first-order valence-electron chi connectivity index (χ1n) is 10.9. The molecule has 2 unspecified atom stereocenters. The maximum absolute atomic E-state index is 13.0. The number of hydrogen-bond acceptors (Lipinski definition) is 5. The van der Waals surface area contributed by atoms with Gasteiger partial charge < -0.3 is 15.1 Å². The SMILES string of the molecule is CC(c1ccccc1)N1CC(C(=O)N2CCC(NC(=O)c3ccc(=O)[nH]n3)CC2)CC1=O. The van der Waals surface area contributed by atoms with E-state index < -0.39 is 0 Å². The number of benzene rings is 1. The molecule has 168 valence electrons. The smallest absolute Gasteiger partial charge is 0.271 e. The summed E-state index contributed by atoms with van der Waals surface area (Å²) in [6, 6.07) is 12.3. The van der Waals surface area contributed by atoms with Crippen LogP contribution in [0.5, 0.6) is 0 Å². The van der Waals surface area contributed by atoms with Gasteiger partial charge in [-0.25, -0.2) is 5.10 Å². The lowest BCUT2D eigenvalue weighted by Gasteiger charge is -2.34. The average molecular weight is 438 g/mol. The van der Waals surface area contributed by atoms with E-state index in [0.29, 0.717) is 32.5 Å². The van der Waals surface area contributed by atoms with Gasteiger partial charge in [-0.05, 0) is 31.4 Å². The Morgan fingerprint density at radius 3 is 2.47 bits per heavy atom. The number of likely N-dealkylation sites (tertiary alicyclic amines) is 2. The van der Waals surface area contributed by atoms with Crippen LogP contribution in [0.2, 0.25) is 0 Å². The topological polar surface area (TPSA) is 115 Å². The highest BCUT2D eigenvalue weighted by Gasteiger charge is 2.39. The van der Waals surface area contributed by atoms with Crippen molar-refractivity contribution >= 4 is 17.7 Å². The Morgan fingerprint density at radius 2 is 1.81 bits per heavy atom. The third-order valence-electron chi connectivity index (χ3n) is 6.31. The standard InChI is InChI=1S/C23H27N5O4/c1-15(16-5-3-2-4-6-16)28-14-17(13-21(28)30)23(32)27-11-9-18(10-12-27)24-22(31)19-7-8-20(29)26-25-19/h2-8,15,17-18H,9-14H2,1H3,(H,24,31)(H,26,29). The molecule has 2 aromatic rings. The number of rotatable bonds is 5. The normalized spacial score (nSPS) is 20.3. The fourth-order valence-corrected chi connectivity index (χ4v) is 4.42. The Labute approximate surface area is 185 Å². The molecular weight excluding hydrogens is 410 g/mol. The van der Waals surface area contributed by atoms with Crippen LogP contribution in [0.1, 0.15) is 48.3 Å². The van der Waals surface area contributed by atoms with Crippen LogP contribution in [0.4, 0.5) is 0 Å². The van der Waals surface area contributed by atoms with Gasteiger partial charge in [-0.1, -0.05) is 30.3 Å². The van der Waals surface area contributed by atoms with Gasteiger partial charge in [0, 0.05) is 38.2 Å². The molecule has 0 aliphatic carbocycles. The number of carbonyl (C=O) groups excluding carboxylic acids is 3. The average Bonchev–Trinajstić information content (AvgIpc) is 3.21. The molecule has 2 aliphatic heterocycles. The van der Waals surface area contributed by atoms with Gasteiger partial charge in [0.1, 0.15) is 5.69 Å². The van der Waals surface area contributed by atoms with Gasteiger partial charge >= 0.3 is 0 Å². The number of nitrogens with one attached hydrogen (secondary N) is 2. The zero-order valence-electron chi connectivity index (χ0n) is 18.0. The molecule has 0 radical (unpaired) electrons. The van der Waals surface area contributed by atoms with E-state index in [2.05, 4.69) is 15.5 Å². The van der Waals surface area contributed by atoms with Crippen molar-refractivity contribution in [3.63, 3.8) is 0 Å². The van der Waals surface area contributed by atoms with E-state index in [1.807, 2.05) is 37.3 Å². The highest BCUT2D eigenvalue weighted by Crippen LogP contribution is 2.30. The van der Waals surface area contributed by atoms with Crippen LogP contribution < -0.4 is 10.9 Å². The van der Waals surface area contributed by atoms with Gasteiger partial charge in [-0.2, -0.15) is 5.10 Å². The molecule has 2 N–H and O–H groups in total. The lowest BCUT2D eigenvalue weighted by Crippen LogP contribution is -2.48. The summed E-state index contributed by atoms with van der Waals surface area (Å²) in [5, 5.41) is 8.89. The summed E-state index contributed by atoms with van der Waals surface area (Å²) in [5.74, 6) is -0.661. The second-order valence-electron chi connectivity index (χ2n) is 8.41. The van der Waals surface area contributed by atoms with Crippen LogP contribution in [0, 0.1) is 5.92 Å². The van der Waals surface area contributed by atoms with Crippen molar-refractivity contribution in [3.05, 3.63) is 64.1 Å². The number of aromatic amines is 1. The van der Waals surface area contributed by atoms with Gasteiger partial charge in [0.25, 0.3) is 11.5 Å². The predicted molar refractivity (Wildman–Crippen MR) is 117 cm³/mol. The van der Waals surface area contributed by atoms with Crippen LogP contribution in [-0.2, 0) is 9.59 Å². The number of amides is 3. The molecule has 9 heteroatoms. The molecule has 2 saturated heterocycles. The number of carbonyl (C=O) groups is 3. The summed E-state index contributed by atoms with van der Waals surface area (Å²) in [6.45, 7) is 3.48. The molecule has 2 atom stereocenters. The molecule has 2 aliphatic rings. The summed E-state index contributed by atoms with van der Waals surface area (Å²) in [4.78, 5) is 52.6. The highest BCUT2D eigenvalue weighted by molar-refractivity contribution is 5.92. The number of piperidine rings is 1. The van der Waals surface area contributed by atoms with Crippen molar-refractivity contribution in [2.24, 2.45) is 5.92 Å². The number of nitrogens with zero attached hydrogens (tertiary/aromatic N) is 3. The van der Waals surface area contributed by atoms with E-state index in [0.717, 1.165) is 5.56 Å². The third kappa shape index (κ3) is 4.71. The molecule has 32 heavy (non-hydrogen) atoms. The van der Waals surface area contributed by atoms with Crippen molar-refractivity contribution in [2.75, 3.05) is 19.6 Å². The van der Waals surface area contributed by atoms with E-state index >= 15 is 0 Å². The first kappa shape index (κ1) is 21.7. The van der Waals surface area contributed by atoms with Crippen LogP contribution in [-0.4, -0.2) is 63.4 Å². The largest absolute Gasteiger partial charge is 0.348 e. The van der Waals surface area contributed by atoms with E-state index in [1.54, 1.807) is 9.80 Å². The molecule has 3 amide bonds. The predicted octanol–water partition coefficient (Wildman–Crippen LogP) is 1.10. The minimum absolute atomic E-state index is 0.00758. The molecule has 1 aromatic heterocycles. The summed E-state index contributed by atoms with van der Waals surface area (Å²) in [5.41, 5.74) is 0.846. The molecule has 4 rings (SSSR count). The molecule has 2 fully saturated rings. The van der Waals surface area contributed by atoms with Crippen molar-refractivity contribution in [1.29, 1.82) is 0 Å². The van der Waals surface area contributed by atoms with Crippen LogP contribution in [0.15, 0.2) is 47.3 Å². The third-order valence-corrected chi connectivity index (χ3v) is 6.31. The van der Waals surface area contributed by atoms with Gasteiger partial charge in [0.15, 0.2) is 0 Å². The minimum Gasteiger partial charge on any atom is -0.348 e. The Morgan fingerprint density at radius 1 is 1.09 bits per heavy atom.